The van der Waals surface area contributed by atoms with Gasteiger partial charge in [-0.15, -0.1) is 0 Å². The molecule has 0 spiro atoms. The third-order valence-corrected chi connectivity index (χ3v) is 5.10. The van der Waals surface area contributed by atoms with Gasteiger partial charge in [0.1, 0.15) is 11.3 Å². The zero-order chi connectivity index (χ0) is 21.3. The Bertz CT molecular complexity index is 1150. The lowest BCUT2D eigenvalue weighted by molar-refractivity contribution is -0.136. The Kier molecular flexibility index (Phi) is 5.24. The summed E-state index contributed by atoms with van der Waals surface area (Å²) in [6, 6.07) is 11.9. The number of fused-ring (bicyclic) bond motifs is 2. The van der Waals surface area contributed by atoms with Gasteiger partial charge in [-0.1, -0.05) is 24.3 Å². The Balaban J connectivity index is 1.46. The van der Waals surface area contributed by atoms with Gasteiger partial charge in [-0.2, -0.15) is 13.2 Å². The van der Waals surface area contributed by atoms with E-state index >= 15 is 0 Å². The number of aryl methyl sites for hydroxylation is 1. The van der Waals surface area contributed by atoms with Gasteiger partial charge in [0.15, 0.2) is 6.61 Å². The third-order valence-electron chi connectivity index (χ3n) is 5.10. The molecule has 0 bridgehead atoms. The zero-order valence-corrected chi connectivity index (χ0v) is 15.8. The van der Waals surface area contributed by atoms with Gasteiger partial charge < -0.3 is 14.5 Å². The second kappa shape index (κ2) is 7.85. The molecule has 1 aliphatic carbocycles. The maximum atomic E-state index is 13.1. The summed E-state index contributed by atoms with van der Waals surface area (Å²) in [5.41, 5.74) is -0.145. The fourth-order valence-electron chi connectivity index (χ4n) is 3.76. The maximum absolute atomic E-state index is 13.1. The third kappa shape index (κ3) is 4.17. The number of hydrogen-bond donors (Lipinski definition) is 1. The monoisotopic (exact) mass is 417 g/mol. The van der Waals surface area contributed by atoms with Gasteiger partial charge >= 0.3 is 11.8 Å². The van der Waals surface area contributed by atoms with Crippen molar-refractivity contribution in [3.05, 3.63) is 75.6 Å². The summed E-state index contributed by atoms with van der Waals surface area (Å²) in [5, 5.41) is 2.68. The molecule has 5 nitrogen and oxygen atoms in total. The molecule has 0 radical (unpaired) electrons. The SMILES string of the molecule is O=C(COc1ccc2c(C(F)(F)F)cc(=O)oc2c1)N[C@@H]1CCCc2ccccc21. The summed E-state index contributed by atoms with van der Waals surface area (Å²) < 4.78 is 49.6. The number of amides is 1. The van der Waals surface area contributed by atoms with Crippen LogP contribution in [0.5, 0.6) is 5.75 Å². The van der Waals surface area contributed by atoms with E-state index < -0.39 is 17.4 Å². The molecule has 1 amide bonds. The first-order chi connectivity index (χ1) is 14.3. The summed E-state index contributed by atoms with van der Waals surface area (Å²) in [7, 11) is 0. The number of hydrogen-bond acceptors (Lipinski definition) is 4. The molecule has 0 saturated heterocycles. The lowest BCUT2D eigenvalue weighted by atomic mass is 9.88. The number of nitrogens with one attached hydrogen (secondary N) is 1. The predicted molar refractivity (Wildman–Crippen MR) is 103 cm³/mol. The fraction of sp³-hybridized carbons (Fsp3) is 0.273. The summed E-state index contributed by atoms with van der Waals surface area (Å²) in [4.78, 5) is 23.8. The van der Waals surface area contributed by atoms with Crippen LogP contribution in [0.2, 0.25) is 0 Å². The summed E-state index contributed by atoms with van der Waals surface area (Å²) >= 11 is 0. The van der Waals surface area contributed by atoms with Crippen molar-refractivity contribution in [1.29, 1.82) is 0 Å². The molecule has 1 aliphatic rings. The van der Waals surface area contributed by atoms with Crippen molar-refractivity contribution < 1.29 is 27.1 Å². The highest BCUT2D eigenvalue weighted by Crippen LogP contribution is 2.35. The molecular formula is C22H18F3NO4. The van der Waals surface area contributed by atoms with Crippen LogP contribution in [-0.4, -0.2) is 12.5 Å². The van der Waals surface area contributed by atoms with E-state index in [4.69, 9.17) is 9.15 Å². The van der Waals surface area contributed by atoms with Crippen LogP contribution in [0.15, 0.2) is 57.7 Å². The predicted octanol–water partition coefficient (Wildman–Crippen LogP) is 4.38. The average Bonchev–Trinajstić information content (AvgIpc) is 2.71. The topological polar surface area (TPSA) is 68.5 Å². The summed E-state index contributed by atoms with van der Waals surface area (Å²) in [6.45, 7) is -0.312. The largest absolute Gasteiger partial charge is 0.484 e. The molecule has 4 rings (SSSR count). The molecule has 3 aromatic rings. The second-order valence-corrected chi connectivity index (χ2v) is 7.13. The molecule has 0 saturated carbocycles. The molecule has 8 heteroatoms. The Hall–Kier alpha value is -3.29. The average molecular weight is 417 g/mol. The van der Waals surface area contributed by atoms with Gasteiger partial charge in [-0.05, 0) is 42.5 Å². The summed E-state index contributed by atoms with van der Waals surface area (Å²) in [6.07, 6.45) is -1.92. The lowest BCUT2D eigenvalue weighted by Crippen LogP contribution is -2.34. The first-order valence-corrected chi connectivity index (χ1v) is 9.46. The minimum atomic E-state index is -4.69. The number of ether oxygens (including phenoxy) is 1. The Morgan fingerprint density at radius 3 is 2.77 bits per heavy atom. The van der Waals surface area contributed by atoms with E-state index in [0.717, 1.165) is 30.9 Å². The molecule has 1 heterocycles. The van der Waals surface area contributed by atoms with E-state index in [1.165, 1.54) is 17.7 Å². The van der Waals surface area contributed by atoms with E-state index in [-0.39, 0.29) is 35.3 Å². The molecular weight excluding hydrogens is 399 g/mol. The van der Waals surface area contributed by atoms with Crippen LogP contribution in [0.3, 0.4) is 0 Å². The highest BCUT2D eigenvalue weighted by molar-refractivity contribution is 5.82. The second-order valence-electron chi connectivity index (χ2n) is 7.13. The van der Waals surface area contributed by atoms with Crippen LogP contribution in [0.4, 0.5) is 13.2 Å². The van der Waals surface area contributed by atoms with Gasteiger partial charge in [-0.3, -0.25) is 4.79 Å². The number of carbonyl (C=O) groups is 1. The maximum Gasteiger partial charge on any atom is 0.417 e. The number of halogens is 3. The minimum absolute atomic E-state index is 0.102. The Morgan fingerprint density at radius 2 is 1.97 bits per heavy atom. The number of benzene rings is 2. The van der Waals surface area contributed by atoms with Crippen LogP contribution in [0, 0.1) is 0 Å². The molecule has 156 valence electrons. The minimum Gasteiger partial charge on any atom is -0.484 e. The number of carbonyl (C=O) groups excluding carboxylic acids is 1. The van der Waals surface area contributed by atoms with Crippen molar-refractivity contribution in [3.63, 3.8) is 0 Å². The van der Waals surface area contributed by atoms with Crippen LogP contribution in [0.1, 0.15) is 35.6 Å². The van der Waals surface area contributed by atoms with Crippen LogP contribution < -0.4 is 15.7 Å². The standard InChI is InChI=1S/C22H18F3NO4/c23-22(24,25)17-11-21(28)30-19-10-14(8-9-16(17)19)29-12-20(27)26-18-7-3-5-13-4-1-2-6-15(13)18/h1-2,4,6,8-11,18H,3,5,7,12H2,(H,26,27)/t18-/m1/s1. The summed E-state index contributed by atoms with van der Waals surface area (Å²) in [5.74, 6) is -0.216. The van der Waals surface area contributed by atoms with Crippen molar-refractivity contribution in [2.24, 2.45) is 0 Å². The molecule has 1 atom stereocenters. The van der Waals surface area contributed by atoms with Gasteiger partial charge in [0, 0.05) is 17.5 Å². The van der Waals surface area contributed by atoms with E-state index in [0.29, 0.717) is 6.07 Å². The van der Waals surface area contributed by atoms with E-state index in [1.54, 1.807) is 0 Å². The molecule has 0 unspecified atom stereocenters. The van der Waals surface area contributed by atoms with Crippen LogP contribution in [-0.2, 0) is 17.4 Å². The number of rotatable bonds is 4. The zero-order valence-electron chi connectivity index (χ0n) is 15.8. The van der Waals surface area contributed by atoms with Crippen LogP contribution >= 0.6 is 0 Å². The van der Waals surface area contributed by atoms with E-state index in [1.807, 2.05) is 24.3 Å². The van der Waals surface area contributed by atoms with Crippen LogP contribution in [0.25, 0.3) is 11.0 Å². The first-order valence-electron chi connectivity index (χ1n) is 9.46. The van der Waals surface area contributed by atoms with Gasteiger partial charge in [0.25, 0.3) is 5.91 Å². The first kappa shape index (κ1) is 20.0. The normalized spacial score (nSPS) is 16.2. The van der Waals surface area contributed by atoms with Crippen molar-refractivity contribution in [1.82, 2.24) is 5.32 Å². The van der Waals surface area contributed by atoms with Gasteiger partial charge in [0.05, 0.1) is 11.6 Å². The molecule has 0 aliphatic heterocycles. The van der Waals surface area contributed by atoms with E-state index in [2.05, 4.69) is 5.32 Å². The Labute approximate surface area is 169 Å². The van der Waals surface area contributed by atoms with Crippen molar-refractivity contribution >= 4 is 16.9 Å². The number of alkyl halides is 3. The highest BCUT2D eigenvalue weighted by atomic mass is 19.4. The molecule has 30 heavy (non-hydrogen) atoms. The van der Waals surface area contributed by atoms with Gasteiger partial charge in [0.2, 0.25) is 0 Å². The molecule has 1 N–H and O–H groups in total. The molecule has 0 fully saturated rings. The molecule has 2 aromatic carbocycles. The fourth-order valence-corrected chi connectivity index (χ4v) is 3.76. The quantitative estimate of drug-likeness (QED) is 0.640. The Morgan fingerprint density at radius 1 is 1.17 bits per heavy atom. The van der Waals surface area contributed by atoms with Crippen molar-refractivity contribution in [2.45, 2.75) is 31.5 Å². The highest BCUT2D eigenvalue weighted by Gasteiger charge is 2.34. The lowest BCUT2D eigenvalue weighted by Gasteiger charge is -2.26. The van der Waals surface area contributed by atoms with E-state index in [9.17, 15) is 22.8 Å². The smallest absolute Gasteiger partial charge is 0.417 e. The van der Waals surface area contributed by atoms with Crippen molar-refractivity contribution in [3.8, 4) is 5.75 Å². The molecule has 1 aromatic heterocycles. The van der Waals surface area contributed by atoms with Gasteiger partial charge in [-0.25, -0.2) is 4.79 Å². The van der Waals surface area contributed by atoms with Crippen molar-refractivity contribution in [2.75, 3.05) is 6.61 Å².